The molecule has 0 aliphatic carbocycles. The summed E-state index contributed by atoms with van der Waals surface area (Å²) in [5.74, 6) is -1.95. The Morgan fingerprint density at radius 2 is 1.95 bits per heavy atom. The van der Waals surface area contributed by atoms with E-state index in [4.69, 9.17) is 0 Å². The normalized spacial score (nSPS) is 13.5. The standard InChI is InChI=1S/C15H17N3O4/c1-3-8(2)11(15(21)22)16-14(20)12-9-6-4-5-7-10(9)13(19)18-17-12/h4-8,11H,3H2,1-2H3,(H,16,20)(H,18,19)(H,21,22)/t8-,11-/m0/s1. The van der Waals surface area contributed by atoms with Gasteiger partial charge < -0.3 is 10.4 Å². The van der Waals surface area contributed by atoms with Gasteiger partial charge in [0.2, 0.25) is 0 Å². The fourth-order valence-electron chi connectivity index (χ4n) is 2.18. The number of hydrogen-bond acceptors (Lipinski definition) is 4. The number of hydrogen-bond donors (Lipinski definition) is 3. The minimum absolute atomic E-state index is 0.00440. The molecule has 2 atom stereocenters. The van der Waals surface area contributed by atoms with Crippen LogP contribution in [0.2, 0.25) is 0 Å². The lowest BCUT2D eigenvalue weighted by molar-refractivity contribution is -0.140. The Balaban J connectivity index is 2.40. The Morgan fingerprint density at radius 3 is 2.55 bits per heavy atom. The maximum Gasteiger partial charge on any atom is 0.326 e. The molecular formula is C15H17N3O4. The van der Waals surface area contributed by atoms with Crippen molar-refractivity contribution in [3.8, 4) is 0 Å². The van der Waals surface area contributed by atoms with Crippen LogP contribution in [0.4, 0.5) is 0 Å². The van der Waals surface area contributed by atoms with Crippen LogP contribution in [0, 0.1) is 5.92 Å². The second-order valence-electron chi connectivity index (χ2n) is 5.12. The van der Waals surface area contributed by atoms with Gasteiger partial charge in [-0.1, -0.05) is 38.5 Å². The van der Waals surface area contributed by atoms with Crippen molar-refractivity contribution in [3.63, 3.8) is 0 Å². The number of carboxylic acid groups (broad SMARTS) is 1. The molecule has 2 aromatic rings. The second kappa shape index (κ2) is 6.38. The maximum absolute atomic E-state index is 12.3. The highest BCUT2D eigenvalue weighted by atomic mass is 16.4. The molecule has 0 fully saturated rings. The quantitative estimate of drug-likeness (QED) is 0.767. The first-order chi connectivity index (χ1) is 10.5. The minimum atomic E-state index is -1.10. The van der Waals surface area contributed by atoms with Gasteiger partial charge in [0, 0.05) is 5.39 Å². The molecule has 2 rings (SSSR count). The van der Waals surface area contributed by atoms with Crippen molar-refractivity contribution in [1.29, 1.82) is 0 Å². The van der Waals surface area contributed by atoms with E-state index in [1.807, 2.05) is 6.92 Å². The molecule has 1 amide bonds. The number of nitrogens with zero attached hydrogens (tertiary/aromatic N) is 1. The summed E-state index contributed by atoms with van der Waals surface area (Å²) in [5, 5.41) is 18.4. The number of carboxylic acids is 1. The number of aromatic nitrogens is 2. The summed E-state index contributed by atoms with van der Waals surface area (Å²) in [4.78, 5) is 35.3. The van der Waals surface area contributed by atoms with Gasteiger partial charge in [-0.05, 0) is 12.0 Å². The van der Waals surface area contributed by atoms with Crippen molar-refractivity contribution in [2.75, 3.05) is 0 Å². The van der Waals surface area contributed by atoms with Crippen molar-refractivity contribution in [2.45, 2.75) is 26.3 Å². The molecule has 3 N–H and O–H groups in total. The number of carbonyl (C=O) groups is 2. The number of carbonyl (C=O) groups excluding carboxylic acids is 1. The lowest BCUT2D eigenvalue weighted by Crippen LogP contribution is -2.45. The number of rotatable bonds is 5. The molecule has 0 radical (unpaired) electrons. The van der Waals surface area contributed by atoms with Crippen molar-refractivity contribution < 1.29 is 14.7 Å². The number of fused-ring (bicyclic) bond motifs is 1. The summed E-state index contributed by atoms with van der Waals surface area (Å²) < 4.78 is 0. The molecule has 0 aliphatic heterocycles. The van der Waals surface area contributed by atoms with Crippen molar-refractivity contribution >= 4 is 22.6 Å². The molecule has 1 aromatic heterocycles. The zero-order valence-electron chi connectivity index (χ0n) is 12.3. The largest absolute Gasteiger partial charge is 0.480 e. The van der Waals surface area contributed by atoms with Crippen LogP contribution in [0.5, 0.6) is 0 Å². The van der Waals surface area contributed by atoms with Crippen LogP contribution in [0.1, 0.15) is 30.8 Å². The molecule has 0 spiro atoms. The molecule has 0 unspecified atom stereocenters. The highest BCUT2D eigenvalue weighted by molar-refractivity contribution is 6.05. The van der Waals surface area contributed by atoms with E-state index in [0.717, 1.165) is 0 Å². The highest BCUT2D eigenvalue weighted by Gasteiger charge is 2.27. The van der Waals surface area contributed by atoms with Gasteiger partial charge in [-0.2, -0.15) is 5.10 Å². The molecule has 7 heteroatoms. The van der Waals surface area contributed by atoms with Crippen molar-refractivity contribution in [3.05, 3.63) is 40.3 Å². The second-order valence-corrected chi connectivity index (χ2v) is 5.12. The molecule has 7 nitrogen and oxygen atoms in total. The van der Waals surface area contributed by atoms with Crippen LogP contribution in [-0.4, -0.2) is 33.2 Å². The van der Waals surface area contributed by atoms with Gasteiger partial charge in [0.05, 0.1) is 5.39 Å². The first kappa shape index (κ1) is 15.7. The van der Waals surface area contributed by atoms with Gasteiger partial charge >= 0.3 is 5.97 Å². The monoisotopic (exact) mass is 303 g/mol. The van der Waals surface area contributed by atoms with E-state index >= 15 is 0 Å². The fourth-order valence-corrected chi connectivity index (χ4v) is 2.18. The van der Waals surface area contributed by atoms with E-state index in [2.05, 4.69) is 15.5 Å². The van der Waals surface area contributed by atoms with Gasteiger partial charge in [-0.3, -0.25) is 9.59 Å². The van der Waals surface area contributed by atoms with Crippen LogP contribution in [0.3, 0.4) is 0 Å². The molecule has 0 saturated heterocycles. The average Bonchev–Trinajstić information content (AvgIpc) is 2.52. The Morgan fingerprint density at radius 1 is 1.32 bits per heavy atom. The SMILES string of the molecule is CC[C@H](C)[C@H](NC(=O)c1n[nH]c(=O)c2ccccc12)C(=O)O. The molecule has 1 heterocycles. The molecule has 0 bridgehead atoms. The van der Waals surface area contributed by atoms with E-state index in [9.17, 15) is 19.5 Å². The highest BCUT2D eigenvalue weighted by Crippen LogP contribution is 2.14. The third kappa shape index (κ3) is 2.98. The van der Waals surface area contributed by atoms with Crippen LogP contribution >= 0.6 is 0 Å². The summed E-state index contributed by atoms with van der Waals surface area (Å²) in [6.07, 6.45) is 0.608. The Labute approximate surface area is 126 Å². The zero-order valence-corrected chi connectivity index (χ0v) is 12.3. The average molecular weight is 303 g/mol. The van der Waals surface area contributed by atoms with Gasteiger partial charge in [0.25, 0.3) is 11.5 Å². The van der Waals surface area contributed by atoms with Crippen molar-refractivity contribution in [2.24, 2.45) is 5.92 Å². The third-order valence-corrected chi connectivity index (χ3v) is 3.68. The molecule has 116 valence electrons. The third-order valence-electron chi connectivity index (χ3n) is 3.68. The van der Waals surface area contributed by atoms with Crippen LogP contribution < -0.4 is 10.9 Å². The lowest BCUT2D eigenvalue weighted by Gasteiger charge is -2.20. The van der Waals surface area contributed by atoms with Crippen molar-refractivity contribution in [1.82, 2.24) is 15.5 Å². The van der Waals surface area contributed by atoms with Gasteiger partial charge in [0.1, 0.15) is 6.04 Å². The molecule has 0 aliphatic rings. The number of H-pyrrole nitrogens is 1. The molecule has 1 aromatic carbocycles. The summed E-state index contributed by atoms with van der Waals surface area (Å²) in [6, 6.07) is 5.54. The van der Waals surface area contributed by atoms with E-state index in [1.54, 1.807) is 31.2 Å². The number of amides is 1. The van der Waals surface area contributed by atoms with Gasteiger partial charge in [-0.25, -0.2) is 9.89 Å². The summed E-state index contributed by atoms with van der Waals surface area (Å²) in [6.45, 7) is 3.60. The number of nitrogens with one attached hydrogen (secondary N) is 2. The first-order valence-electron chi connectivity index (χ1n) is 6.96. The zero-order chi connectivity index (χ0) is 16.3. The summed E-state index contributed by atoms with van der Waals surface area (Å²) in [5.41, 5.74) is -0.395. The smallest absolute Gasteiger partial charge is 0.326 e. The summed E-state index contributed by atoms with van der Waals surface area (Å²) in [7, 11) is 0. The van der Waals surface area contributed by atoms with Crippen LogP contribution in [-0.2, 0) is 4.79 Å². The minimum Gasteiger partial charge on any atom is -0.480 e. The van der Waals surface area contributed by atoms with E-state index in [1.165, 1.54) is 0 Å². The van der Waals surface area contributed by atoms with Gasteiger partial charge in [-0.15, -0.1) is 0 Å². The number of aliphatic carboxylic acids is 1. The molecular weight excluding hydrogens is 286 g/mol. The maximum atomic E-state index is 12.3. The Hall–Kier alpha value is -2.70. The van der Waals surface area contributed by atoms with Crippen LogP contribution in [0.25, 0.3) is 10.8 Å². The number of benzene rings is 1. The molecule has 0 saturated carbocycles. The summed E-state index contributed by atoms with van der Waals surface area (Å²) >= 11 is 0. The van der Waals surface area contributed by atoms with Gasteiger partial charge in [0.15, 0.2) is 5.69 Å². The van der Waals surface area contributed by atoms with E-state index in [-0.39, 0.29) is 11.6 Å². The molecule has 22 heavy (non-hydrogen) atoms. The fraction of sp³-hybridized carbons (Fsp3) is 0.333. The Bertz CT molecular complexity index is 769. The number of aromatic amines is 1. The topological polar surface area (TPSA) is 112 Å². The Kier molecular flexibility index (Phi) is 4.55. The lowest BCUT2D eigenvalue weighted by atomic mass is 9.99. The van der Waals surface area contributed by atoms with E-state index in [0.29, 0.717) is 17.2 Å². The predicted octanol–water partition coefficient (Wildman–Crippen LogP) is 1.15. The van der Waals surface area contributed by atoms with Crippen LogP contribution in [0.15, 0.2) is 29.1 Å². The predicted molar refractivity (Wildman–Crippen MR) is 80.7 cm³/mol. The van der Waals surface area contributed by atoms with E-state index < -0.39 is 23.5 Å². The first-order valence-corrected chi connectivity index (χ1v) is 6.96.